The van der Waals surface area contributed by atoms with Crippen LogP contribution in [0.15, 0.2) is 53.0 Å². The molecule has 0 aliphatic rings. The summed E-state index contributed by atoms with van der Waals surface area (Å²) >= 11 is 3.36. The smallest absolute Gasteiger partial charge is 0.408 e. The van der Waals surface area contributed by atoms with E-state index in [4.69, 9.17) is 14.2 Å². The van der Waals surface area contributed by atoms with Crippen molar-refractivity contribution in [2.45, 2.75) is 45.1 Å². The van der Waals surface area contributed by atoms with E-state index in [1.165, 1.54) is 7.11 Å². The Hall–Kier alpha value is -2.58. The number of rotatable bonds is 7. The summed E-state index contributed by atoms with van der Waals surface area (Å²) in [6.45, 7) is 5.35. The molecule has 0 unspecified atom stereocenters. The molecule has 2 N–H and O–H groups in total. The van der Waals surface area contributed by atoms with Crippen molar-refractivity contribution >= 4 is 28.0 Å². The van der Waals surface area contributed by atoms with Gasteiger partial charge in [-0.25, -0.2) is 9.59 Å². The highest BCUT2D eigenvalue weighted by Crippen LogP contribution is 2.31. The maximum Gasteiger partial charge on any atom is 0.408 e. The first-order valence-corrected chi connectivity index (χ1v) is 10.1. The average Bonchev–Trinajstić information content (AvgIpc) is 2.69. The number of methoxy groups -OCH3 is 1. The lowest BCUT2D eigenvalue weighted by Crippen LogP contribution is -2.47. The number of nitrogens with one attached hydrogen (secondary N) is 1. The number of benzene rings is 2. The van der Waals surface area contributed by atoms with Crippen molar-refractivity contribution < 1.29 is 28.9 Å². The second-order valence-electron chi connectivity index (χ2n) is 7.55. The number of aliphatic hydroxyl groups is 1. The summed E-state index contributed by atoms with van der Waals surface area (Å²) < 4.78 is 16.5. The molecule has 0 spiro atoms. The minimum Gasteiger partial charge on any atom is -0.489 e. The zero-order valence-corrected chi connectivity index (χ0v) is 18.9. The predicted octanol–water partition coefficient (Wildman–Crippen LogP) is 4.13. The predicted molar refractivity (Wildman–Crippen MR) is 115 cm³/mol. The number of aliphatic hydroxyl groups excluding tert-OH is 1. The standard InChI is InChI=1S/C22H26BrNO6/c1-22(2,3)30-21(27)24-18(20(26)28-4)19(25)16-12-15(23)10-11-17(16)29-13-14-8-6-5-7-9-14/h5-12,18-19,25H,13H2,1-4H3,(H,24,27)/t18-,19+/m0/s1. The van der Waals surface area contributed by atoms with Gasteiger partial charge >= 0.3 is 12.1 Å². The maximum atomic E-state index is 12.3. The van der Waals surface area contributed by atoms with Crippen LogP contribution in [0.3, 0.4) is 0 Å². The van der Waals surface area contributed by atoms with Gasteiger partial charge in [-0.1, -0.05) is 46.3 Å². The van der Waals surface area contributed by atoms with E-state index < -0.39 is 29.8 Å². The number of amides is 1. The molecule has 0 bridgehead atoms. The minimum absolute atomic E-state index is 0.268. The van der Waals surface area contributed by atoms with Crippen LogP contribution in [0.2, 0.25) is 0 Å². The van der Waals surface area contributed by atoms with Gasteiger partial charge in [0.1, 0.15) is 24.1 Å². The Labute approximate surface area is 184 Å². The van der Waals surface area contributed by atoms with Gasteiger partial charge in [0.25, 0.3) is 0 Å². The van der Waals surface area contributed by atoms with Gasteiger partial charge in [0.15, 0.2) is 6.04 Å². The lowest BCUT2D eigenvalue weighted by Gasteiger charge is -2.26. The maximum absolute atomic E-state index is 12.3. The van der Waals surface area contributed by atoms with Crippen molar-refractivity contribution in [2.75, 3.05) is 7.11 Å². The van der Waals surface area contributed by atoms with Crippen LogP contribution < -0.4 is 10.1 Å². The zero-order valence-electron chi connectivity index (χ0n) is 17.3. The normalized spacial score (nSPS) is 13.1. The van der Waals surface area contributed by atoms with E-state index in [0.717, 1.165) is 5.56 Å². The topological polar surface area (TPSA) is 94.1 Å². The molecule has 0 heterocycles. The molecule has 0 saturated carbocycles. The van der Waals surface area contributed by atoms with Gasteiger partial charge in [-0.2, -0.15) is 0 Å². The highest BCUT2D eigenvalue weighted by atomic mass is 79.9. The number of ether oxygens (including phenoxy) is 3. The second-order valence-corrected chi connectivity index (χ2v) is 8.46. The molecule has 2 rings (SSSR count). The van der Waals surface area contributed by atoms with Crippen LogP contribution in [0.1, 0.15) is 38.0 Å². The molecule has 0 aliphatic heterocycles. The summed E-state index contributed by atoms with van der Waals surface area (Å²) in [4.78, 5) is 24.5. The molecule has 2 aromatic rings. The Balaban J connectivity index is 2.27. The van der Waals surface area contributed by atoms with E-state index in [-0.39, 0.29) is 6.61 Å². The Morgan fingerprint density at radius 3 is 2.40 bits per heavy atom. The van der Waals surface area contributed by atoms with Crippen molar-refractivity contribution in [1.82, 2.24) is 5.32 Å². The summed E-state index contributed by atoms with van der Waals surface area (Å²) in [5.74, 6) is -0.447. The molecule has 7 nitrogen and oxygen atoms in total. The van der Waals surface area contributed by atoms with Gasteiger partial charge < -0.3 is 24.6 Å². The van der Waals surface area contributed by atoms with Crippen LogP contribution in [0.4, 0.5) is 4.79 Å². The summed E-state index contributed by atoms with van der Waals surface area (Å²) in [5.41, 5.74) is 0.485. The fraction of sp³-hybridized carbons (Fsp3) is 0.364. The lowest BCUT2D eigenvalue weighted by molar-refractivity contribution is -0.146. The average molecular weight is 480 g/mol. The van der Waals surface area contributed by atoms with Crippen molar-refractivity contribution in [3.05, 3.63) is 64.1 Å². The van der Waals surface area contributed by atoms with Crippen molar-refractivity contribution in [1.29, 1.82) is 0 Å². The fourth-order valence-corrected chi connectivity index (χ4v) is 3.00. The van der Waals surface area contributed by atoms with E-state index in [9.17, 15) is 14.7 Å². The van der Waals surface area contributed by atoms with E-state index >= 15 is 0 Å². The van der Waals surface area contributed by atoms with Crippen molar-refractivity contribution in [3.8, 4) is 5.75 Å². The molecule has 0 saturated heterocycles. The molecule has 0 radical (unpaired) electrons. The highest BCUT2D eigenvalue weighted by molar-refractivity contribution is 9.10. The number of alkyl carbamates (subject to hydrolysis) is 1. The van der Waals surface area contributed by atoms with E-state index in [2.05, 4.69) is 21.2 Å². The summed E-state index contributed by atoms with van der Waals surface area (Å²) in [5, 5.41) is 13.3. The molecule has 0 aliphatic carbocycles. The van der Waals surface area contributed by atoms with Crippen LogP contribution >= 0.6 is 15.9 Å². The number of carbonyl (C=O) groups is 2. The van der Waals surface area contributed by atoms with Crippen molar-refractivity contribution in [3.63, 3.8) is 0 Å². The number of halogens is 1. The van der Waals surface area contributed by atoms with Gasteiger partial charge in [-0.15, -0.1) is 0 Å². The number of carbonyl (C=O) groups excluding carboxylic acids is 2. The molecule has 0 aromatic heterocycles. The fourth-order valence-electron chi connectivity index (χ4n) is 2.63. The lowest BCUT2D eigenvalue weighted by atomic mass is 10.0. The Bertz CT molecular complexity index is 866. The Kier molecular flexibility index (Phi) is 8.25. The Morgan fingerprint density at radius 2 is 1.80 bits per heavy atom. The van der Waals surface area contributed by atoms with Gasteiger partial charge in [0.2, 0.25) is 0 Å². The van der Waals surface area contributed by atoms with Crippen LogP contribution in [0.25, 0.3) is 0 Å². The monoisotopic (exact) mass is 479 g/mol. The van der Waals surface area contributed by atoms with Crippen LogP contribution in [-0.4, -0.2) is 35.9 Å². The van der Waals surface area contributed by atoms with Gasteiger partial charge in [0, 0.05) is 10.0 Å². The molecule has 8 heteroatoms. The third-order valence-corrected chi connectivity index (χ3v) is 4.46. The third-order valence-electron chi connectivity index (χ3n) is 3.97. The molecule has 2 aromatic carbocycles. The first kappa shape index (κ1) is 23.7. The van der Waals surface area contributed by atoms with E-state index in [0.29, 0.717) is 15.8 Å². The van der Waals surface area contributed by atoms with Gasteiger partial charge in [0.05, 0.1) is 7.11 Å². The highest BCUT2D eigenvalue weighted by Gasteiger charge is 2.34. The molecule has 1 amide bonds. The van der Waals surface area contributed by atoms with E-state index in [1.54, 1.807) is 39.0 Å². The molecule has 162 valence electrons. The van der Waals surface area contributed by atoms with Crippen molar-refractivity contribution in [2.24, 2.45) is 0 Å². The number of hydrogen-bond acceptors (Lipinski definition) is 6. The number of hydrogen-bond donors (Lipinski definition) is 2. The summed E-state index contributed by atoms with van der Waals surface area (Å²) in [7, 11) is 1.17. The quantitative estimate of drug-likeness (QED) is 0.579. The molecule has 30 heavy (non-hydrogen) atoms. The summed E-state index contributed by atoms with van der Waals surface area (Å²) in [6, 6.07) is 13.2. The minimum atomic E-state index is -1.44. The first-order chi connectivity index (χ1) is 14.1. The largest absolute Gasteiger partial charge is 0.489 e. The first-order valence-electron chi connectivity index (χ1n) is 9.32. The SMILES string of the molecule is COC(=O)[C@@H](NC(=O)OC(C)(C)C)[C@H](O)c1cc(Br)ccc1OCc1ccccc1. The number of esters is 1. The molecular weight excluding hydrogens is 454 g/mol. The van der Waals surface area contributed by atoms with Gasteiger partial charge in [-0.05, 0) is 44.5 Å². The third kappa shape index (κ3) is 7.03. The second kappa shape index (κ2) is 10.4. The van der Waals surface area contributed by atoms with E-state index in [1.807, 2.05) is 30.3 Å². The van der Waals surface area contributed by atoms with Crippen LogP contribution in [0, 0.1) is 0 Å². The molecular formula is C22H26BrNO6. The zero-order chi connectivity index (χ0) is 22.3. The van der Waals surface area contributed by atoms with Crippen LogP contribution in [0.5, 0.6) is 5.75 Å². The van der Waals surface area contributed by atoms with Crippen LogP contribution in [-0.2, 0) is 20.9 Å². The summed E-state index contributed by atoms with van der Waals surface area (Å²) in [6.07, 6.45) is -2.29. The molecule has 0 fully saturated rings. The molecule has 2 atom stereocenters. The Morgan fingerprint density at radius 1 is 1.13 bits per heavy atom. The van der Waals surface area contributed by atoms with Gasteiger partial charge in [-0.3, -0.25) is 0 Å².